The van der Waals surface area contributed by atoms with Gasteiger partial charge in [0.05, 0.1) is 10.6 Å². The lowest BCUT2D eigenvalue weighted by molar-refractivity contribution is -0.140. The third kappa shape index (κ3) is 8.57. The molecule has 7 nitrogen and oxygen atoms in total. The summed E-state index contributed by atoms with van der Waals surface area (Å²) in [4.78, 5) is 29.6. The molecule has 0 fully saturated rings. The zero-order valence-corrected chi connectivity index (χ0v) is 26.8. The molecule has 4 rings (SSSR count). The number of unbranched alkanes of at least 4 members (excludes halogenated alkanes) is 1. The average molecular weight is 630 g/mol. The van der Waals surface area contributed by atoms with E-state index in [1.54, 1.807) is 12.1 Å². The second kappa shape index (κ2) is 15.5. The first-order chi connectivity index (χ1) is 21.6. The number of anilines is 1. The zero-order valence-electron chi connectivity index (χ0n) is 25.9. The van der Waals surface area contributed by atoms with Crippen LogP contribution in [0.25, 0.3) is 0 Å². The van der Waals surface area contributed by atoms with Crippen molar-refractivity contribution in [1.82, 2.24) is 10.2 Å². The molecule has 0 spiro atoms. The van der Waals surface area contributed by atoms with Crippen LogP contribution >= 0.6 is 0 Å². The number of hydrogen-bond acceptors (Lipinski definition) is 4. The minimum atomic E-state index is -4.38. The molecule has 1 atom stereocenters. The van der Waals surface area contributed by atoms with Gasteiger partial charge in [0.15, 0.2) is 0 Å². The molecule has 0 saturated carbocycles. The summed E-state index contributed by atoms with van der Waals surface area (Å²) in [6, 6.07) is 27.6. The fourth-order valence-electron chi connectivity index (χ4n) is 5.04. The van der Waals surface area contributed by atoms with Gasteiger partial charge < -0.3 is 10.2 Å². The minimum Gasteiger partial charge on any atom is -0.354 e. The van der Waals surface area contributed by atoms with Crippen LogP contribution in [0.1, 0.15) is 42.0 Å². The van der Waals surface area contributed by atoms with Crippen molar-refractivity contribution in [2.45, 2.75) is 57.5 Å². The number of rotatable bonds is 14. The monoisotopic (exact) mass is 629 g/mol. The molecule has 45 heavy (non-hydrogen) atoms. The van der Waals surface area contributed by atoms with Gasteiger partial charge >= 0.3 is 0 Å². The highest BCUT2D eigenvalue weighted by Gasteiger charge is 2.35. The van der Waals surface area contributed by atoms with E-state index in [9.17, 15) is 18.0 Å². The number of sulfonamides is 1. The highest BCUT2D eigenvalue weighted by molar-refractivity contribution is 7.92. The number of carbonyl (C=O) groups excluding carboxylic acids is 2. The van der Waals surface area contributed by atoms with Crippen LogP contribution in [0.4, 0.5) is 10.1 Å². The number of carbonyl (C=O) groups is 2. The Morgan fingerprint density at radius 2 is 1.49 bits per heavy atom. The fourth-order valence-corrected chi connectivity index (χ4v) is 6.46. The molecule has 9 heteroatoms. The Morgan fingerprint density at radius 1 is 0.844 bits per heavy atom. The predicted molar refractivity (Wildman–Crippen MR) is 176 cm³/mol. The molecule has 0 bridgehead atoms. The van der Waals surface area contributed by atoms with E-state index in [1.165, 1.54) is 35.2 Å². The van der Waals surface area contributed by atoms with Crippen LogP contribution in [0.15, 0.2) is 108 Å². The Labute approximate surface area is 265 Å². The van der Waals surface area contributed by atoms with Gasteiger partial charge in [0.2, 0.25) is 11.8 Å². The molecule has 0 radical (unpaired) electrons. The topological polar surface area (TPSA) is 86.8 Å². The van der Waals surface area contributed by atoms with E-state index in [0.717, 1.165) is 45.5 Å². The zero-order chi connectivity index (χ0) is 32.4. The highest BCUT2D eigenvalue weighted by atomic mass is 32.2. The summed E-state index contributed by atoms with van der Waals surface area (Å²) in [6.07, 6.45) is 1.86. The maximum absolute atomic E-state index is 15.3. The quantitative estimate of drug-likeness (QED) is 0.169. The normalized spacial score (nSPS) is 11.9. The Hall–Kier alpha value is -4.50. The Balaban J connectivity index is 1.80. The molecule has 0 heterocycles. The van der Waals surface area contributed by atoms with Crippen LogP contribution < -0.4 is 9.62 Å². The lowest BCUT2D eigenvalue weighted by Gasteiger charge is -2.34. The largest absolute Gasteiger partial charge is 0.354 e. The van der Waals surface area contributed by atoms with Gasteiger partial charge in [-0.1, -0.05) is 97.8 Å². The molecule has 4 aromatic carbocycles. The highest BCUT2D eigenvalue weighted by Crippen LogP contribution is 2.27. The maximum Gasteiger partial charge on any atom is 0.264 e. The second-order valence-corrected chi connectivity index (χ2v) is 12.9. The van der Waals surface area contributed by atoms with Gasteiger partial charge in [-0.25, -0.2) is 12.8 Å². The summed E-state index contributed by atoms with van der Waals surface area (Å²) in [5.41, 5.74) is 3.16. The Bertz CT molecular complexity index is 1700. The van der Waals surface area contributed by atoms with Crippen molar-refractivity contribution >= 4 is 27.5 Å². The van der Waals surface area contributed by atoms with Gasteiger partial charge in [0, 0.05) is 19.5 Å². The number of nitrogens with zero attached hydrogens (tertiary/aromatic N) is 2. The van der Waals surface area contributed by atoms with Crippen LogP contribution in [0, 0.1) is 19.7 Å². The molecule has 1 N–H and O–H groups in total. The molecule has 236 valence electrons. The van der Waals surface area contributed by atoms with Gasteiger partial charge in [-0.2, -0.15) is 0 Å². The molecule has 0 aliphatic heterocycles. The minimum absolute atomic E-state index is 0.0555. The molecule has 0 aromatic heterocycles. The first-order valence-corrected chi connectivity index (χ1v) is 16.6. The standard InChI is InChI=1S/C36H40FN3O4S/c1-4-5-23-38-36(42)34(24-29-14-7-6-8-15-29)39(25-30-16-10-9-13-28(30)3)35(41)26-40(33-18-12-11-17-32(33)37)45(43,44)31-21-19-27(2)20-22-31/h6-22,34H,4-5,23-26H2,1-3H3,(H,38,42). The van der Waals surface area contributed by atoms with Gasteiger partial charge in [-0.3, -0.25) is 13.9 Å². The van der Waals surface area contributed by atoms with Crippen LogP contribution in [0.3, 0.4) is 0 Å². The van der Waals surface area contributed by atoms with Crippen molar-refractivity contribution in [1.29, 1.82) is 0 Å². The first-order valence-electron chi connectivity index (χ1n) is 15.1. The summed E-state index contributed by atoms with van der Waals surface area (Å²) >= 11 is 0. The molecule has 1 unspecified atom stereocenters. The van der Waals surface area contributed by atoms with E-state index >= 15 is 4.39 Å². The molecule has 2 amide bonds. The van der Waals surface area contributed by atoms with E-state index in [4.69, 9.17) is 0 Å². The van der Waals surface area contributed by atoms with Crippen LogP contribution in [-0.2, 0) is 32.6 Å². The summed E-state index contributed by atoms with van der Waals surface area (Å²) in [6.45, 7) is 5.55. The van der Waals surface area contributed by atoms with Gasteiger partial charge in [0.25, 0.3) is 10.0 Å². The van der Waals surface area contributed by atoms with E-state index in [0.29, 0.717) is 6.54 Å². The van der Waals surface area contributed by atoms with Crippen molar-refractivity contribution in [2.24, 2.45) is 0 Å². The van der Waals surface area contributed by atoms with Crippen molar-refractivity contribution in [3.05, 3.63) is 131 Å². The van der Waals surface area contributed by atoms with Crippen molar-refractivity contribution in [3.8, 4) is 0 Å². The summed E-state index contributed by atoms with van der Waals surface area (Å²) in [7, 11) is -4.38. The first kappa shape index (κ1) is 33.4. The number of para-hydroxylation sites is 1. The number of amides is 2. The molecule has 0 aliphatic carbocycles. The number of benzene rings is 4. The van der Waals surface area contributed by atoms with E-state index in [2.05, 4.69) is 5.32 Å². The van der Waals surface area contributed by atoms with Crippen molar-refractivity contribution in [3.63, 3.8) is 0 Å². The van der Waals surface area contributed by atoms with E-state index in [1.807, 2.05) is 75.4 Å². The fraction of sp³-hybridized carbons (Fsp3) is 0.278. The maximum atomic E-state index is 15.3. The van der Waals surface area contributed by atoms with Crippen LogP contribution in [0.5, 0.6) is 0 Å². The Kier molecular flexibility index (Phi) is 11.5. The summed E-state index contributed by atoms with van der Waals surface area (Å²) < 4.78 is 44.1. The predicted octanol–water partition coefficient (Wildman–Crippen LogP) is 6.19. The average Bonchev–Trinajstić information content (AvgIpc) is 3.03. The van der Waals surface area contributed by atoms with Crippen LogP contribution in [-0.4, -0.2) is 44.3 Å². The van der Waals surface area contributed by atoms with Gasteiger partial charge in [-0.05, 0) is 61.2 Å². The molecular weight excluding hydrogens is 589 g/mol. The molecule has 0 aliphatic rings. The molecule has 0 saturated heterocycles. The van der Waals surface area contributed by atoms with Crippen molar-refractivity contribution in [2.75, 3.05) is 17.4 Å². The lowest BCUT2D eigenvalue weighted by atomic mass is 10.0. The SMILES string of the molecule is CCCCNC(=O)C(Cc1ccccc1)N(Cc1ccccc1C)C(=O)CN(c1ccccc1F)S(=O)(=O)c1ccc(C)cc1. The number of aryl methyl sites for hydroxylation is 2. The molecule has 4 aromatic rings. The molecular formula is C36H40FN3O4S. The third-order valence-corrected chi connectivity index (χ3v) is 9.49. The van der Waals surface area contributed by atoms with E-state index in [-0.39, 0.29) is 29.5 Å². The lowest BCUT2D eigenvalue weighted by Crippen LogP contribution is -2.53. The van der Waals surface area contributed by atoms with Gasteiger partial charge in [-0.15, -0.1) is 0 Å². The number of hydrogen-bond donors (Lipinski definition) is 1. The number of halogens is 1. The van der Waals surface area contributed by atoms with Gasteiger partial charge in [0.1, 0.15) is 18.4 Å². The van der Waals surface area contributed by atoms with Crippen molar-refractivity contribution < 1.29 is 22.4 Å². The smallest absolute Gasteiger partial charge is 0.264 e. The van der Waals surface area contributed by atoms with E-state index < -0.39 is 34.3 Å². The number of nitrogens with one attached hydrogen (secondary N) is 1. The summed E-state index contributed by atoms with van der Waals surface area (Å²) in [5, 5.41) is 2.97. The van der Waals surface area contributed by atoms with Crippen LogP contribution in [0.2, 0.25) is 0 Å². The summed E-state index contributed by atoms with van der Waals surface area (Å²) in [5.74, 6) is -1.76. The Morgan fingerprint density at radius 3 is 2.16 bits per heavy atom. The third-order valence-electron chi connectivity index (χ3n) is 7.71. The second-order valence-electron chi connectivity index (χ2n) is 11.1.